The SMILES string of the molecule is CN(C)c1cc(CNc2nc(-c3ccc(F)cc3)co2)c(O)c2c1CC1CC3C(N(C)C)C(O)=C(C(N)=O)C(=O)C3(O)C(O)=C1C2=O. The Bertz CT molecular complexity index is 1900. The van der Waals surface area contributed by atoms with Crippen molar-refractivity contribution in [3.63, 3.8) is 0 Å². The number of likely N-dealkylation sites (N-methyl/N-ethyl adjacent to an activating group) is 1. The van der Waals surface area contributed by atoms with Crippen molar-refractivity contribution in [2.75, 3.05) is 38.4 Å². The van der Waals surface area contributed by atoms with Crippen LogP contribution < -0.4 is 16.0 Å². The van der Waals surface area contributed by atoms with Crippen LogP contribution in [0.15, 0.2) is 63.7 Å². The van der Waals surface area contributed by atoms with Gasteiger partial charge in [0.2, 0.25) is 5.78 Å². The van der Waals surface area contributed by atoms with Crippen molar-refractivity contribution in [2.45, 2.75) is 31.0 Å². The molecule has 0 bridgehead atoms. The van der Waals surface area contributed by atoms with E-state index >= 15 is 0 Å². The Morgan fingerprint density at radius 3 is 2.45 bits per heavy atom. The minimum Gasteiger partial charge on any atom is -0.510 e. The fraction of sp³-hybridized carbons (Fsp3) is 0.333. The Morgan fingerprint density at radius 1 is 1.15 bits per heavy atom. The van der Waals surface area contributed by atoms with Gasteiger partial charge in [-0.25, -0.2) is 4.39 Å². The van der Waals surface area contributed by atoms with Crippen LogP contribution in [0.2, 0.25) is 0 Å². The van der Waals surface area contributed by atoms with Gasteiger partial charge >= 0.3 is 0 Å². The molecule has 14 heteroatoms. The second kappa shape index (κ2) is 11.2. The fourth-order valence-electron chi connectivity index (χ4n) is 7.17. The predicted octanol–water partition coefficient (Wildman–Crippen LogP) is 2.59. The first-order valence-electron chi connectivity index (χ1n) is 14.8. The molecule has 13 nitrogen and oxygen atoms in total. The maximum Gasteiger partial charge on any atom is 0.295 e. The number of hydrogen-bond donors (Lipinski definition) is 6. The summed E-state index contributed by atoms with van der Waals surface area (Å²) in [7, 11) is 6.70. The van der Waals surface area contributed by atoms with E-state index < -0.39 is 63.9 Å². The maximum absolute atomic E-state index is 14.2. The van der Waals surface area contributed by atoms with E-state index in [0.717, 1.165) is 0 Å². The number of halogens is 1. The first-order chi connectivity index (χ1) is 22.2. The predicted molar refractivity (Wildman–Crippen MR) is 167 cm³/mol. The molecule has 2 aromatic carbocycles. The number of anilines is 2. The Kier molecular flexibility index (Phi) is 7.60. The molecule has 0 saturated carbocycles. The zero-order chi connectivity index (χ0) is 34.1. The summed E-state index contributed by atoms with van der Waals surface area (Å²) in [5.74, 6) is -7.50. The number of primary amides is 1. The van der Waals surface area contributed by atoms with Crippen molar-refractivity contribution in [2.24, 2.45) is 17.6 Å². The molecular weight excluding hydrogens is 613 g/mol. The van der Waals surface area contributed by atoms with Crippen molar-refractivity contribution in [3.05, 3.63) is 81.8 Å². The van der Waals surface area contributed by atoms with Crippen LogP contribution in [0.3, 0.4) is 0 Å². The molecular formula is C33H34FN5O8. The first kappa shape index (κ1) is 31.8. The number of oxazole rings is 1. The number of benzene rings is 2. The Labute approximate surface area is 268 Å². The highest BCUT2D eigenvalue weighted by Crippen LogP contribution is 2.53. The topological polar surface area (TPSA) is 203 Å². The third-order valence-electron chi connectivity index (χ3n) is 9.33. The van der Waals surface area contributed by atoms with Crippen LogP contribution in [0.4, 0.5) is 16.1 Å². The number of phenols is 1. The summed E-state index contributed by atoms with van der Waals surface area (Å²) in [6, 6.07) is 6.45. The lowest BCUT2D eigenvalue weighted by Gasteiger charge is -2.50. The lowest BCUT2D eigenvalue weighted by atomic mass is 9.58. The van der Waals surface area contributed by atoms with Gasteiger partial charge in [-0.15, -0.1) is 0 Å². The highest BCUT2D eigenvalue weighted by Gasteiger charge is 2.63. The van der Waals surface area contributed by atoms with E-state index in [9.17, 15) is 39.2 Å². The molecule has 0 radical (unpaired) electrons. The smallest absolute Gasteiger partial charge is 0.295 e. The molecule has 6 rings (SSSR count). The van der Waals surface area contributed by atoms with E-state index in [1.807, 2.05) is 0 Å². The summed E-state index contributed by atoms with van der Waals surface area (Å²) in [5.41, 5.74) is 3.96. The van der Waals surface area contributed by atoms with Gasteiger partial charge < -0.3 is 40.8 Å². The van der Waals surface area contributed by atoms with Crippen molar-refractivity contribution < 1.29 is 43.6 Å². The number of aromatic hydroxyl groups is 1. The van der Waals surface area contributed by atoms with Gasteiger partial charge in [-0.05, 0) is 68.8 Å². The standard InChI is InChI=1S/C33H34FN5O8/c1-38(2)21-11-16(12-36-32-37-20(13-47-32)14-5-7-17(34)8-6-14)26(40)23-18(21)9-15-10-19-25(39(3)4)28(42)24(31(35)45)30(44)33(19,46)29(43)22(15)27(23)41/h5-8,11,13,15,19,25,40,42-43,46H,9-10,12H2,1-4H3,(H2,35,45)(H,36,37). The molecule has 3 aromatic rings. The number of fused-ring (bicyclic) bond motifs is 3. The number of carbonyl (C=O) groups excluding carboxylic acids is 3. The number of phenolic OH excluding ortho intramolecular Hbond substituents is 1. The summed E-state index contributed by atoms with van der Waals surface area (Å²) in [5, 5.41) is 48.8. The number of aliphatic hydroxyl groups is 3. The zero-order valence-corrected chi connectivity index (χ0v) is 26.0. The molecule has 1 heterocycles. The van der Waals surface area contributed by atoms with Gasteiger partial charge in [0.1, 0.15) is 40.6 Å². The van der Waals surface area contributed by atoms with Crippen molar-refractivity contribution >= 4 is 29.2 Å². The third kappa shape index (κ3) is 4.82. The second-order valence-corrected chi connectivity index (χ2v) is 12.5. The summed E-state index contributed by atoms with van der Waals surface area (Å²) in [6.45, 7) is -0.0356. The number of ketones is 2. The van der Waals surface area contributed by atoms with Gasteiger partial charge in [-0.3, -0.25) is 19.3 Å². The van der Waals surface area contributed by atoms with E-state index in [2.05, 4.69) is 10.3 Å². The van der Waals surface area contributed by atoms with Crippen LogP contribution in [-0.4, -0.2) is 87.6 Å². The number of rotatable bonds is 7. The third-order valence-corrected chi connectivity index (χ3v) is 9.33. The zero-order valence-electron chi connectivity index (χ0n) is 26.0. The van der Waals surface area contributed by atoms with Crippen LogP contribution in [0.1, 0.15) is 27.9 Å². The lowest BCUT2D eigenvalue weighted by Crippen LogP contribution is -2.63. The molecule has 4 unspecified atom stereocenters. The number of amides is 1. The van der Waals surface area contributed by atoms with E-state index in [4.69, 9.17) is 10.2 Å². The summed E-state index contributed by atoms with van der Waals surface area (Å²) in [6.07, 6.45) is 1.53. The van der Waals surface area contributed by atoms with E-state index in [0.29, 0.717) is 28.1 Å². The first-order valence-corrected chi connectivity index (χ1v) is 14.8. The number of nitrogens with two attached hydrogens (primary N) is 1. The fourth-order valence-corrected chi connectivity index (χ4v) is 7.17. The van der Waals surface area contributed by atoms with Crippen LogP contribution >= 0.6 is 0 Å². The van der Waals surface area contributed by atoms with Crippen LogP contribution in [-0.2, 0) is 22.6 Å². The van der Waals surface area contributed by atoms with Gasteiger partial charge in [-0.1, -0.05) is 0 Å². The molecule has 0 aliphatic heterocycles. The summed E-state index contributed by atoms with van der Waals surface area (Å²) >= 11 is 0. The molecule has 3 aliphatic rings. The van der Waals surface area contributed by atoms with Gasteiger partial charge in [0.05, 0.1) is 11.6 Å². The monoisotopic (exact) mass is 647 g/mol. The van der Waals surface area contributed by atoms with Crippen LogP contribution in [0.25, 0.3) is 11.3 Å². The Hall–Kier alpha value is -5.21. The Morgan fingerprint density at radius 2 is 1.83 bits per heavy atom. The molecule has 246 valence electrons. The maximum atomic E-state index is 14.2. The van der Waals surface area contributed by atoms with Crippen LogP contribution in [0.5, 0.6) is 5.75 Å². The molecule has 0 saturated heterocycles. The molecule has 4 atom stereocenters. The summed E-state index contributed by atoms with van der Waals surface area (Å²) < 4.78 is 18.8. The highest BCUT2D eigenvalue weighted by molar-refractivity contribution is 6.25. The quantitative estimate of drug-likeness (QED) is 0.205. The van der Waals surface area contributed by atoms with Gasteiger partial charge in [0.25, 0.3) is 11.9 Å². The molecule has 0 fully saturated rings. The minimum absolute atomic E-state index is 0.0107. The molecule has 0 spiro atoms. The average Bonchev–Trinajstić information content (AvgIpc) is 3.47. The lowest BCUT2D eigenvalue weighted by molar-refractivity contribution is -0.148. The molecule has 1 amide bonds. The van der Waals surface area contributed by atoms with Gasteiger partial charge in [-0.2, -0.15) is 4.98 Å². The number of hydrogen-bond acceptors (Lipinski definition) is 12. The summed E-state index contributed by atoms with van der Waals surface area (Å²) in [4.78, 5) is 47.6. The molecule has 47 heavy (non-hydrogen) atoms. The number of carbonyl (C=O) groups is 3. The number of aliphatic hydroxyl groups excluding tert-OH is 2. The molecule has 1 aromatic heterocycles. The molecule has 7 N–H and O–H groups in total. The van der Waals surface area contributed by atoms with E-state index in [1.165, 1.54) is 23.3 Å². The number of nitrogens with zero attached hydrogens (tertiary/aromatic N) is 3. The minimum atomic E-state index is -2.73. The van der Waals surface area contributed by atoms with Crippen LogP contribution in [0, 0.1) is 17.7 Å². The largest absolute Gasteiger partial charge is 0.510 e. The normalized spacial score (nSPS) is 23.9. The van der Waals surface area contributed by atoms with E-state index in [1.54, 1.807) is 51.3 Å². The number of Topliss-reactive ketones (excluding diaryl/α,β-unsaturated/α-hetero) is 2. The second-order valence-electron chi connectivity index (χ2n) is 12.5. The van der Waals surface area contributed by atoms with Crippen molar-refractivity contribution in [1.82, 2.24) is 9.88 Å². The molecule has 3 aliphatic carbocycles. The van der Waals surface area contributed by atoms with Gasteiger partial charge in [0, 0.05) is 48.9 Å². The number of aromatic nitrogens is 1. The van der Waals surface area contributed by atoms with Gasteiger partial charge in [0.15, 0.2) is 11.4 Å². The highest BCUT2D eigenvalue weighted by atomic mass is 19.1. The Balaban J connectivity index is 1.40. The van der Waals surface area contributed by atoms with Crippen molar-refractivity contribution in [1.29, 1.82) is 0 Å². The number of allylic oxidation sites excluding steroid dienone is 1. The average molecular weight is 648 g/mol. The van der Waals surface area contributed by atoms with E-state index in [-0.39, 0.29) is 42.3 Å². The number of nitrogens with one attached hydrogen (secondary N) is 1. The van der Waals surface area contributed by atoms with Crippen molar-refractivity contribution in [3.8, 4) is 17.0 Å².